The average molecular weight is 292 g/mol. The van der Waals surface area contributed by atoms with Crippen molar-refractivity contribution in [2.45, 2.75) is 20.0 Å². The van der Waals surface area contributed by atoms with Crippen LogP contribution >= 0.6 is 11.3 Å². The topological polar surface area (TPSA) is 80.9 Å². The van der Waals surface area contributed by atoms with Gasteiger partial charge in [-0.15, -0.1) is 10.2 Å². The number of nitrogens with zero attached hydrogens (tertiary/aromatic N) is 3. The van der Waals surface area contributed by atoms with Crippen LogP contribution in [0.25, 0.3) is 0 Å². The summed E-state index contributed by atoms with van der Waals surface area (Å²) < 4.78 is 41.7. The molecule has 0 spiro atoms. The summed E-state index contributed by atoms with van der Waals surface area (Å²) in [5.41, 5.74) is 0.513. The van der Waals surface area contributed by atoms with Crippen LogP contribution in [0.2, 0.25) is 0 Å². The summed E-state index contributed by atoms with van der Waals surface area (Å²) in [5.74, 6) is -0.364. The van der Waals surface area contributed by atoms with Crippen molar-refractivity contribution in [3.63, 3.8) is 0 Å². The Labute approximate surface area is 108 Å². The maximum Gasteiger partial charge on any atom is 0.445 e. The zero-order chi connectivity index (χ0) is 14.2. The summed E-state index contributed by atoms with van der Waals surface area (Å²) in [7, 11) is 0. The van der Waals surface area contributed by atoms with E-state index in [1.54, 1.807) is 6.92 Å². The van der Waals surface area contributed by atoms with E-state index in [9.17, 15) is 18.0 Å². The van der Waals surface area contributed by atoms with Gasteiger partial charge in [0.25, 0.3) is 5.91 Å². The Morgan fingerprint density at radius 2 is 2.00 bits per heavy atom. The molecule has 0 aliphatic heterocycles. The van der Waals surface area contributed by atoms with Gasteiger partial charge in [-0.1, -0.05) is 16.5 Å². The summed E-state index contributed by atoms with van der Waals surface area (Å²) in [4.78, 5) is 11.8. The fraction of sp³-hybridized carbons (Fsp3) is 0.333. The van der Waals surface area contributed by atoms with Gasteiger partial charge in [0, 0.05) is 0 Å². The molecular weight excluding hydrogens is 285 g/mol. The third-order valence-corrected chi connectivity index (χ3v) is 3.03. The van der Waals surface area contributed by atoms with Crippen molar-refractivity contribution in [1.82, 2.24) is 15.4 Å². The first-order valence-corrected chi connectivity index (χ1v) is 5.75. The van der Waals surface area contributed by atoms with Gasteiger partial charge in [0.15, 0.2) is 0 Å². The van der Waals surface area contributed by atoms with Gasteiger partial charge in [0.05, 0.1) is 5.69 Å². The van der Waals surface area contributed by atoms with Gasteiger partial charge in [-0.2, -0.15) is 13.2 Å². The zero-order valence-electron chi connectivity index (χ0n) is 9.70. The number of aromatic nitrogens is 3. The standard InChI is InChI=1S/C9H7F3N4O2S/c1-3-5(4(2)18-16-3)6(17)13-8-15-14-7(19-8)9(10,11)12/h1-2H3,(H,13,15,17). The van der Waals surface area contributed by atoms with Crippen LogP contribution in [0, 0.1) is 13.8 Å². The van der Waals surface area contributed by atoms with Crippen LogP contribution in [0.15, 0.2) is 4.52 Å². The van der Waals surface area contributed by atoms with Crippen LogP contribution in [0.4, 0.5) is 18.3 Å². The van der Waals surface area contributed by atoms with E-state index in [1.165, 1.54) is 6.92 Å². The number of halogens is 3. The summed E-state index contributed by atoms with van der Waals surface area (Å²) in [6.07, 6.45) is -4.58. The second-order valence-electron chi connectivity index (χ2n) is 3.56. The molecule has 2 aromatic rings. The van der Waals surface area contributed by atoms with E-state index in [0.717, 1.165) is 0 Å². The van der Waals surface area contributed by atoms with E-state index in [-0.39, 0.29) is 27.8 Å². The van der Waals surface area contributed by atoms with Crippen LogP contribution in [0.1, 0.15) is 26.8 Å². The molecule has 10 heteroatoms. The van der Waals surface area contributed by atoms with E-state index in [2.05, 4.69) is 20.7 Å². The third-order valence-electron chi connectivity index (χ3n) is 2.15. The SMILES string of the molecule is Cc1noc(C)c1C(=O)Nc1nnc(C(F)(F)F)s1. The summed E-state index contributed by atoms with van der Waals surface area (Å²) in [6, 6.07) is 0. The lowest BCUT2D eigenvalue weighted by Gasteiger charge is -2.00. The Morgan fingerprint density at radius 1 is 1.32 bits per heavy atom. The first-order valence-electron chi connectivity index (χ1n) is 4.94. The van der Waals surface area contributed by atoms with Crippen molar-refractivity contribution < 1.29 is 22.5 Å². The maximum atomic E-state index is 12.3. The fourth-order valence-corrected chi connectivity index (χ4v) is 1.96. The monoisotopic (exact) mass is 292 g/mol. The van der Waals surface area contributed by atoms with Crippen molar-refractivity contribution >= 4 is 22.4 Å². The lowest BCUT2D eigenvalue weighted by Crippen LogP contribution is -2.13. The first-order chi connectivity index (χ1) is 8.79. The van der Waals surface area contributed by atoms with Crippen LogP contribution in [-0.2, 0) is 6.18 Å². The number of nitrogens with one attached hydrogen (secondary N) is 1. The maximum absolute atomic E-state index is 12.3. The van der Waals surface area contributed by atoms with Crippen LogP contribution in [0.5, 0.6) is 0 Å². The lowest BCUT2D eigenvalue weighted by atomic mass is 10.2. The number of rotatable bonds is 2. The molecule has 0 aliphatic rings. The Balaban J connectivity index is 2.18. The Hall–Kier alpha value is -1.97. The molecule has 0 radical (unpaired) electrons. The fourth-order valence-electron chi connectivity index (χ4n) is 1.36. The number of hydrogen-bond donors (Lipinski definition) is 1. The molecule has 0 aromatic carbocycles. The van der Waals surface area contributed by atoms with Gasteiger partial charge >= 0.3 is 6.18 Å². The van der Waals surface area contributed by atoms with E-state index in [0.29, 0.717) is 5.69 Å². The van der Waals surface area contributed by atoms with Crippen molar-refractivity contribution in [3.8, 4) is 0 Å². The molecular formula is C9H7F3N4O2S. The largest absolute Gasteiger partial charge is 0.445 e. The summed E-state index contributed by atoms with van der Waals surface area (Å²) in [5, 5.41) is 10.7. The predicted octanol–water partition coefficient (Wildman–Crippen LogP) is 2.41. The Kier molecular flexibility index (Phi) is 3.27. The number of amides is 1. The number of carbonyl (C=O) groups excluding carboxylic acids is 1. The smallest absolute Gasteiger partial charge is 0.361 e. The molecule has 2 rings (SSSR count). The van der Waals surface area contributed by atoms with Gasteiger partial charge < -0.3 is 4.52 Å². The Bertz CT molecular complexity index is 600. The molecule has 0 unspecified atom stereocenters. The quantitative estimate of drug-likeness (QED) is 0.919. The van der Waals surface area contributed by atoms with Gasteiger partial charge in [-0.3, -0.25) is 10.1 Å². The molecule has 6 nitrogen and oxygen atoms in total. The molecule has 102 valence electrons. The number of carbonyl (C=O) groups is 1. The van der Waals surface area contributed by atoms with Gasteiger partial charge in [0.1, 0.15) is 11.3 Å². The summed E-state index contributed by atoms with van der Waals surface area (Å²) >= 11 is 0.247. The molecule has 0 aliphatic carbocycles. The summed E-state index contributed by atoms with van der Waals surface area (Å²) in [6.45, 7) is 3.07. The molecule has 0 fully saturated rings. The van der Waals surface area contributed by atoms with E-state index in [4.69, 9.17) is 4.52 Å². The highest BCUT2D eigenvalue weighted by molar-refractivity contribution is 7.15. The molecule has 0 saturated heterocycles. The zero-order valence-corrected chi connectivity index (χ0v) is 10.5. The minimum Gasteiger partial charge on any atom is -0.361 e. The molecule has 2 aromatic heterocycles. The molecule has 0 atom stereocenters. The highest BCUT2D eigenvalue weighted by Crippen LogP contribution is 2.33. The van der Waals surface area contributed by atoms with Crippen molar-refractivity contribution in [3.05, 3.63) is 22.0 Å². The molecule has 0 saturated carbocycles. The lowest BCUT2D eigenvalue weighted by molar-refractivity contribution is -0.138. The van der Waals surface area contributed by atoms with E-state index < -0.39 is 17.1 Å². The third kappa shape index (κ3) is 2.72. The van der Waals surface area contributed by atoms with Gasteiger partial charge in [0.2, 0.25) is 10.1 Å². The highest BCUT2D eigenvalue weighted by atomic mass is 32.1. The number of aryl methyl sites for hydroxylation is 2. The molecule has 1 N–H and O–H groups in total. The van der Waals surface area contributed by atoms with Crippen molar-refractivity contribution in [1.29, 1.82) is 0 Å². The molecule has 2 heterocycles. The van der Waals surface area contributed by atoms with E-state index in [1.807, 2.05) is 0 Å². The van der Waals surface area contributed by atoms with Crippen molar-refractivity contribution in [2.75, 3.05) is 5.32 Å². The number of alkyl halides is 3. The molecule has 1 amide bonds. The number of hydrogen-bond acceptors (Lipinski definition) is 6. The normalized spacial score (nSPS) is 11.6. The Morgan fingerprint density at radius 3 is 2.47 bits per heavy atom. The van der Waals surface area contributed by atoms with Gasteiger partial charge in [-0.25, -0.2) is 0 Å². The second-order valence-corrected chi connectivity index (χ2v) is 4.54. The second kappa shape index (κ2) is 4.61. The molecule has 19 heavy (non-hydrogen) atoms. The van der Waals surface area contributed by atoms with Crippen LogP contribution in [-0.4, -0.2) is 21.3 Å². The highest BCUT2D eigenvalue weighted by Gasteiger charge is 2.36. The van der Waals surface area contributed by atoms with Crippen LogP contribution in [0.3, 0.4) is 0 Å². The molecule has 0 bridgehead atoms. The average Bonchev–Trinajstić information content (AvgIpc) is 2.85. The minimum atomic E-state index is -4.58. The predicted molar refractivity (Wildman–Crippen MR) is 58.8 cm³/mol. The van der Waals surface area contributed by atoms with Crippen molar-refractivity contribution in [2.24, 2.45) is 0 Å². The number of anilines is 1. The minimum absolute atomic E-state index is 0.170. The van der Waals surface area contributed by atoms with Crippen LogP contribution < -0.4 is 5.32 Å². The first kappa shape index (κ1) is 13.5. The van der Waals surface area contributed by atoms with Gasteiger partial charge in [-0.05, 0) is 13.8 Å². The van der Waals surface area contributed by atoms with E-state index >= 15 is 0 Å².